The molecule has 1 fully saturated rings. The Morgan fingerprint density at radius 2 is 2.05 bits per heavy atom. The molecular weight excluding hydrogens is 271 g/mol. The molecule has 108 valence electrons. The Balaban J connectivity index is 1.94. The van der Waals surface area contributed by atoms with E-state index in [-0.39, 0.29) is 17.2 Å². The third-order valence-corrected chi connectivity index (χ3v) is 3.52. The fourth-order valence-corrected chi connectivity index (χ4v) is 2.52. The minimum absolute atomic E-state index is 0.0991. The Morgan fingerprint density at radius 3 is 2.70 bits per heavy atom. The summed E-state index contributed by atoms with van der Waals surface area (Å²) in [5.41, 5.74) is 5.98. The Labute approximate surface area is 112 Å². The number of aliphatic hydroxyl groups excluding tert-OH is 3. The van der Waals surface area contributed by atoms with Crippen LogP contribution in [0.2, 0.25) is 0 Å². The standard InChI is InChI=1S/C11H13FN4O4/c12-11-15-5-3(1-14-6(5)10(13)16-11)9-8(19)7(18)4(2-17)20-9/h1,3-4,7-9,17-19H,2H2,(H2,13,15,16)/t3-,4+,7+,8+,9-/m1/s1. The molecule has 2 aliphatic rings. The maximum absolute atomic E-state index is 13.2. The van der Waals surface area contributed by atoms with Crippen molar-refractivity contribution in [2.45, 2.75) is 30.3 Å². The summed E-state index contributed by atoms with van der Waals surface area (Å²) in [6.45, 7) is -0.439. The first-order valence-electron chi connectivity index (χ1n) is 6.02. The lowest BCUT2D eigenvalue weighted by Gasteiger charge is -2.19. The number of ether oxygens (including phenoxy) is 1. The zero-order valence-electron chi connectivity index (χ0n) is 10.2. The molecular formula is C11H13FN4O4. The first-order valence-corrected chi connectivity index (χ1v) is 6.02. The van der Waals surface area contributed by atoms with Gasteiger partial charge < -0.3 is 25.8 Å². The van der Waals surface area contributed by atoms with E-state index in [1.807, 2.05) is 0 Å². The van der Waals surface area contributed by atoms with Crippen LogP contribution in [0.4, 0.5) is 15.9 Å². The molecule has 3 rings (SSSR count). The van der Waals surface area contributed by atoms with Crippen LogP contribution in [-0.2, 0) is 4.74 Å². The highest BCUT2D eigenvalue weighted by Gasteiger charge is 2.48. The van der Waals surface area contributed by atoms with Gasteiger partial charge >= 0.3 is 6.08 Å². The van der Waals surface area contributed by atoms with Crippen LogP contribution in [0.3, 0.4) is 0 Å². The number of nitrogens with two attached hydrogens (primary N) is 1. The van der Waals surface area contributed by atoms with Gasteiger partial charge in [0.1, 0.15) is 30.1 Å². The normalized spacial score (nSPS) is 35.5. The molecule has 20 heavy (non-hydrogen) atoms. The number of fused-ring (bicyclic) bond motifs is 1. The van der Waals surface area contributed by atoms with Crippen LogP contribution in [0.5, 0.6) is 0 Å². The highest BCUT2D eigenvalue weighted by Crippen LogP contribution is 2.40. The van der Waals surface area contributed by atoms with E-state index < -0.39 is 43.0 Å². The topological polar surface area (TPSA) is 134 Å². The van der Waals surface area contributed by atoms with Crippen molar-refractivity contribution in [3.63, 3.8) is 0 Å². The number of hydrogen-bond acceptors (Lipinski definition) is 8. The number of nitrogen functional groups attached to an aromatic ring is 1. The highest BCUT2D eigenvalue weighted by atomic mass is 19.1. The third kappa shape index (κ3) is 1.86. The molecule has 0 bridgehead atoms. The van der Waals surface area contributed by atoms with Crippen LogP contribution in [-0.4, -0.2) is 62.5 Å². The number of aliphatic imine (C=N–C) groups is 1. The van der Waals surface area contributed by atoms with Gasteiger partial charge in [-0.3, -0.25) is 4.99 Å². The van der Waals surface area contributed by atoms with Crippen LogP contribution in [0.1, 0.15) is 11.6 Å². The maximum atomic E-state index is 13.2. The van der Waals surface area contributed by atoms with Gasteiger partial charge in [0.2, 0.25) is 0 Å². The molecule has 1 aromatic heterocycles. The van der Waals surface area contributed by atoms with Gasteiger partial charge in [-0.25, -0.2) is 4.98 Å². The number of halogens is 1. The molecule has 2 aliphatic heterocycles. The lowest BCUT2D eigenvalue weighted by atomic mass is 9.94. The van der Waals surface area contributed by atoms with Gasteiger partial charge in [0.25, 0.3) is 0 Å². The lowest BCUT2D eigenvalue weighted by molar-refractivity contribution is -0.0238. The van der Waals surface area contributed by atoms with Crippen molar-refractivity contribution in [2.24, 2.45) is 4.99 Å². The zero-order valence-corrected chi connectivity index (χ0v) is 10.2. The summed E-state index contributed by atoms with van der Waals surface area (Å²) in [5, 5.41) is 28.8. The highest BCUT2D eigenvalue weighted by molar-refractivity contribution is 5.84. The van der Waals surface area contributed by atoms with Crippen LogP contribution in [0.15, 0.2) is 4.99 Å². The predicted molar refractivity (Wildman–Crippen MR) is 65.1 cm³/mol. The largest absolute Gasteiger partial charge is 0.394 e. The molecule has 0 spiro atoms. The molecule has 5 N–H and O–H groups in total. The molecule has 0 aromatic carbocycles. The monoisotopic (exact) mass is 284 g/mol. The van der Waals surface area contributed by atoms with Crippen molar-refractivity contribution in [3.05, 3.63) is 11.8 Å². The molecule has 3 heterocycles. The van der Waals surface area contributed by atoms with E-state index >= 15 is 0 Å². The quantitative estimate of drug-likeness (QED) is 0.484. The number of aromatic nitrogens is 2. The molecule has 0 aliphatic carbocycles. The van der Waals surface area contributed by atoms with E-state index in [1.165, 1.54) is 6.21 Å². The van der Waals surface area contributed by atoms with Gasteiger partial charge in [-0.05, 0) is 0 Å². The smallest absolute Gasteiger partial charge is 0.310 e. The Hall–Kier alpha value is -1.68. The Kier molecular flexibility index (Phi) is 3.13. The van der Waals surface area contributed by atoms with E-state index in [9.17, 15) is 14.6 Å². The van der Waals surface area contributed by atoms with E-state index in [0.717, 1.165) is 0 Å². The molecule has 1 aromatic rings. The van der Waals surface area contributed by atoms with Crippen molar-refractivity contribution in [1.82, 2.24) is 9.97 Å². The summed E-state index contributed by atoms with van der Waals surface area (Å²) in [4.78, 5) is 11.0. The van der Waals surface area contributed by atoms with Crippen molar-refractivity contribution < 1.29 is 24.4 Å². The zero-order chi connectivity index (χ0) is 14.4. The Morgan fingerprint density at radius 1 is 1.30 bits per heavy atom. The summed E-state index contributed by atoms with van der Waals surface area (Å²) in [6, 6.07) is 0. The molecule has 5 atom stereocenters. The number of hydrogen-bond donors (Lipinski definition) is 4. The van der Waals surface area contributed by atoms with E-state index in [0.29, 0.717) is 0 Å². The molecule has 8 nitrogen and oxygen atoms in total. The van der Waals surface area contributed by atoms with Crippen LogP contribution < -0.4 is 5.73 Å². The lowest BCUT2D eigenvalue weighted by Crippen LogP contribution is -2.36. The van der Waals surface area contributed by atoms with Crippen LogP contribution in [0, 0.1) is 6.08 Å². The summed E-state index contributed by atoms with van der Waals surface area (Å²) >= 11 is 0. The minimum atomic E-state index is -1.24. The van der Waals surface area contributed by atoms with Gasteiger partial charge in [0, 0.05) is 6.21 Å². The van der Waals surface area contributed by atoms with E-state index in [2.05, 4.69) is 15.0 Å². The molecule has 0 radical (unpaired) electrons. The van der Waals surface area contributed by atoms with Crippen molar-refractivity contribution in [3.8, 4) is 0 Å². The van der Waals surface area contributed by atoms with Crippen molar-refractivity contribution in [1.29, 1.82) is 0 Å². The number of rotatable bonds is 2. The van der Waals surface area contributed by atoms with E-state index in [1.54, 1.807) is 0 Å². The Bertz CT molecular complexity index is 570. The van der Waals surface area contributed by atoms with Crippen molar-refractivity contribution >= 4 is 17.7 Å². The van der Waals surface area contributed by atoms with Gasteiger partial charge in [0.15, 0.2) is 5.82 Å². The summed E-state index contributed by atoms with van der Waals surface area (Å²) < 4.78 is 18.6. The van der Waals surface area contributed by atoms with Gasteiger partial charge in [0.05, 0.1) is 18.2 Å². The third-order valence-electron chi connectivity index (χ3n) is 3.52. The molecule has 0 unspecified atom stereocenters. The predicted octanol–water partition coefficient (Wildman–Crippen LogP) is -1.52. The molecule has 0 saturated carbocycles. The van der Waals surface area contributed by atoms with Gasteiger partial charge in [-0.1, -0.05) is 0 Å². The summed E-state index contributed by atoms with van der Waals surface area (Å²) in [5.74, 6) is -0.760. The average Bonchev–Trinajstić information content (AvgIpc) is 2.93. The fourth-order valence-electron chi connectivity index (χ4n) is 2.52. The number of anilines is 1. The number of aliphatic hydroxyl groups is 3. The molecule has 0 amide bonds. The number of nitrogens with zero attached hydrogens (tertiary/aromatic N) is 3. The van der Waals surface area contributed by atoms with Crippen LogP contribution in [0.25, 0.3) is 0 Å². The van der Waals surface area contributed by atoms with E-state index in [4.69, 9.17) is 15.6 Å². The second kappa shape index (κ2) is 4.70. The molecule has 9 heteroatoms. The van der Waals surface area contributed by atoms with Gasteiger partial charge in [-0.2, -0.15) is 9.37 Å². The first kappa shape index (κ1) is 13.3. The van der Waals surface area contributed by atoms with Crippen LogP contribution >= 0.6 is 0 Å². The molecule has 1 saturated heterocycles. The fraction of sp³-hybridized carbons (Fsp3) is 0.545. The SMILES string of the molecule is Nc1nc(F)nc2c1N=C[C@H]2[C@H]1O[C@@H](CO)[C@H](O)[C@@H]1O. The average molecular weight is 284 g/mol. The maximum Gasteiger partial charge on any atom is 0.310 e. The second-order valence-electron chi connectivity index (χ2n) is 4.72. The second-order valence-corrected chi connectivity index (χ2v) is 4.72. The van der Waals surface area contributed by atoms with Crippen molar-refractivity contribution in [2.75, 3.05) is 12.3 Å². The minimum Gasteiger partial charge on any atom is -0.394 e. The summed E-state index contributed by atoms with van der Waals surface area (Å²) in [6.07, 6.45) is -3.85. The first-order chi connectivity index (χ1) is 9.52. The van der Waals surface area contributed by atoms with Gasteiger partial charge in [-0.15, -0.1) is 0 Å². The summed E-state index contributed by atoms with van der Waals surface area (Å²) in [7, 11) is 0.